The van der Waals surface area contributed by atoms with Crippen LogP contribution in [-0.2, 0) is 11.3 Å². The van der Waals surface area contributed by atoms with Gasteiger partial charge in [-0.1, -0.05) is 26.0 Å². The molecule has 0 spiro atoms. The molecule has 1 saturated heterocycles. The molecule has 1 fully saturated rings. The zero-order chi connectivity index (χ0) is 22.1. The molecular formula is C22H36N6O2. The number of hydrogen-bond donors (Lipinski definition) is 3. The number of amides is 2. The molecule has 0 saturated carbocycles. The molecule has 0 aromatic heterocycles. The fraction of sp³-hybridized carbons (Fsp3) is 0.591. The smallest absolute Gasteiger partial charge is 0.251 e. The number of benzene rings is 1. The van der Waals surface area contributed by atoms with Gasteiger partial charge in [0.05, 0.1) is 0 Å². The Balaban J connectivity index is 1.84. The van der Waals surface area contributed by atoms with Gasteiger partial charge in [-0.05, 0) is 38.2 Å². The third-order valence-corrected chi connectivity index (χ3v) is 5.05. The number of hydrogen-bond acceptors (Lipinski definition) is 4. The summed E-state index contributed by atoms with van der Waals surface area (Å²) in [4.78, 5) is 32.7. The Kier molecular flexibility index (Phi) is 9.11. The number of rotatable bonds is 8. The fourth-order valence-corrected chi connectivity index (χ4v) is 3.33. The number of aliphatic imine (C=N–C) groups is 1. The zero-order valence-corrected chi connectivity index (χ0v) is 18.9. The minimum atomic E-state index is -0.0675. The van der Waals surface area contributed by atoms with Crippen molar-refractivity contribution in [1.82, 2.24) is 25.8 Å². The van der Waals surface area contributed by atoms with Crippen LogP contribution in [0.15, 0.2) is 29.3 Å². The highest BCUT2D eigenvalue weighted by Gasteiger charge is 2.27. The van der Waals surface area contributed by atoms with E-state index < -0.39 is 0 Å². The van der Waals surface area contributed by atoms with Crippen molar-refractivity contribution in [2.75, 3.05) is 47.3 Å². The maximum Gasteiger partial charge on any atom is 0.251 e. The summed E-state index contributed by atoms with van der Waals surface area (Å²) in [6, 6.07) is 7.77. The number of carbonyl (C=O) groups is 2. The largest absolute Gasteiger partial charge is 0.352 e. The summed E-state index contributed by atoms with van der Waals surface area (Å²) >= 11 is 0. The number of guanidine groups is 1. The number of nitrogens with zero attached hydrogens (tertiary/aromatic N) is 3. The maximum absolute atomic E-state index is 12.3. The predicted octanol–water partition coefficient (Wildman–Crippen LogP) is 0.900. The molecule has 1 aliphatic heterocycles. The van der Waals surface area contributed by atoms with Crippen molar-refractivity contribution >= 4 is 17.8 Å². The Morgan fingerprint density at radius 3 is 2.70 bits per heavy atom. The molecule has 1 aromatic rings. The lowest BCUT2D eigenvalue weighted by molar-refractivity contribution is -0.133. The van der Waals surface area contributed by atoms with Gasteiger partial charge in [0.1, 0.15) is 0 Å². The maximum atomic E-state index is 12.3. The van der Waals surface area contributed by atoms with Crippen LogP contribution in [0.5, 0.6) is 0 Å². The van der Waals surface area contributed by atoms with Gasteiger partial charge in [0, 0.05) is 57.3 Å². The van der Waals surface area contributed by atoms with Crippen molar-refractivity contribution in [3.63, 3.8) is 0 Å². The van der Waals surface area contributed by atoms with E-state index in [1.807, 2.05) is 62.0 Å². The Labute approximate surface area is 180 Å². The van der Waals surface area contributed by atoms with Gasteiger partial charge in [-0.3, -0.25) is 14.6 Å². The van der Waals surface area contributed by atoms with E-state index in [9.17, 15) is 9.59 Å². The molecule has 1 atom stereocenters. The fourth-order valence-electron chi connectivity index (χ4n) is 3.33. The van der Waals surface area contributed by atoms with Gasteiger partial charge in [0.2, 0.25) is 5.91 Å². The van der Waals surface area contributed by atoms with Gasteiger partial charge in [-0.25, -0.2) is 0 Å². The monoisotopic (exact) mass is 416 g/mol. The van der Waals surface area contributed by atoms with E-state index >= 15 is 0 Å². The Hall–Kier alpha value is -2.61. The average molecular weight is 417 g/mol. The molecule has 30 heavy (non-hydrogen) atoms. The van der Waals surface area contributed by atoms with E-state index in [1.54, 1.807) is 7.05 Å². The molecule has 0 bridgehead atoms. The first kappa shape index (κ1) is 23.7. The number of carbonyl (C=O) groups excluding carboxylic acids is 2. The molecule has 1 aromatic carbocycles. The Morgan fingerprint density at radius 1 is 1.27 bits per heavy atom. The van der Waals surface area contributed by atoms with Crippen LogP contribution in [0.1, 0.15) is 36.2 Å². The predicted molar refractivity (Wildman–Crippen MR) is 120 cm³/mol. The molecule has 8 nitrogen and oxygen atoms in total. The number of nitrogens with one attached hydrogen (secondary N) is 3. The van der Waals surface area contributed by atoms with Crippen molar-refractivity contribution < 1.29 is 9.59 Å². The molecule has 3 N–H and O–H groups in total. The topological polar surface area (TPSA) is 89.1 Å². The van der Waals surface area contributed by atoms with Crippen LogP contribution in [0.2, 0.25) is 0 Å². The summed E-state index contributed by atoms with van der Waals surface area (Å²) in [5, 5.41) is 9.63. The van der Waals surface area contributed by atoms with E-state index in [0.717, 1.165) is 25.1 Å². The molecule has 166 valence electrons. The second-order valence-corrected chi connectivity index (χ2v) is 8.25. The van der Waals surface area contributed by atoms with Crippen molar-refractivity contribution in [2.45, 2.75) is 32.9 Å². The number of likely N-dealkylation sites (N-methyl/N-ethyl adjacent to an activating group) is 1. The van der Waals surface area contributed by atoms with Gasteiger partial charge in [0.25, 0.3) is 5.91 Å². The van der Waals surface area contributed by atoms with E-state index in [-0.39, 0.29) is 23.8 Å². The summed E-state index contributed by atoms with van der Waals surface area (Å²) in [5.74, 6) is 0.846. The number of likely N-dealkylation sites (tertiary alicyclic amines) is 1. The zero-order valence-electron chi connectivity index (χ0n) is 18.9. The molecular weight excluding hydrogens is 380 g/mol. The molecule has 1 unspecified atom stereocenters. The van der Waals surface area contributed by atoms with Crippen molar-refractivity contribution in [2.24, 2.45) is 10.9 Å². The van der Waals surface area contributed by atoms with Crippen molar-refractivity contribution in [3.8, 4) is 0 Å². The minimum absolute atomic E-state index is 0.0218. The molecule has 1 heterocycles. The highest BCUT2D eigenvalue weighted by atomic mass is 16.2. The van der Waals surface area contributed by atoms with Gasteiger partial charge >= 0.3 is 0 Å². The van der Waals surface area contributed by atoms with Crippen LogP contribution >= 0.6 is 0 Å². The summed E-state index contributed by atoms with van der Waals surface area (Å²) in [6.07, 6.45) is 0.905. The van der Waals surface area contributed by atoms with E-state index in [0.29, 0.717) is 31.2 Å². The van der Waals surface area contributed by atoms with Crippen LogP contribution in [0.25, 0.3) is 0 Å². The lowest BCUT2D eigenvalue weighted by atomic mass is 10.1. The lowest BCUT2D eigenvalue weighted by Crippen LogP contribution is -2.45. The summed E-state index contributed by atoms with van der Waals surface area (Å²) in [5.41, 5.74) is 1.65. The third-order valence-electron chi connectivity index (χ3n) is 5.05. The van der Waals surface area contributed by atoms with Gasteiger partial charge in [-0.2, -0.15) is 0 Å². The summed E-state index contributed by atoms with van der Waals surface area (Å²) in [7, 11) is 5.69. The molecule has 1 aliphatic rings. The van der Waals surface area contributed by atoms with Crippen molar-refractivity contribution in [1.29, 1.82) is 0 Å². The van der Waals surface area contributed by atoms with Crippen LogP contribution in [0.4, 0.5) is 0 Å². The van der Waals surface area contributed by atoms with Crippen LogP contribution < -0.4 is 16.0 Å². The highest BCUT2D eigenvalue weighted by Crippen LogP contribution is 2.13. The molecule has 8 heteroatoms. The lowest BCUT2D eigenvalue weighted by Gasteiger charge is -2.20. The third kappa shape index (κ3) is 7.33. The SMILES string of the molecule is CN=C(NCc1cccc(C(=O)NCCN(C)C)c1)NC1CCN(C(=O)C(C)C)C1. The molecule has 0 radical (unpaired) electrons. The quantitative estimate of drug-likeness (QED) is 0.433. The van der Waals surface area contributed by atoms with Gasteiger partial charge < -0.3 is 25.8 Å². The summed E-state index contributed by atoms with van der Waals surface area (Å²) < 4.78 is 0. The highest BCUT2D eigenvalue weighted by molar-refractivity contribution is 5.94. The van der Waals surface area contributed by atoms with Crippen LogP contribution in [0, 0.1) is 5.92 Å². The molecule has 2 amide bonds. The first-order valence-corrected chi connectivity index (χ1v) is 10.6. The van der Waals surface area contributed by atoms with Crippen LogP contribution in [-0.4, -0.2) is 80.9 Å². The molecule has 0 aliphatic carbocycles. The van der Waals surface area contributed by atoms with Gasteiger partial charge in [-0.15, -0.1) is 0 Å². The Bertz CT molecular complexity index is 747. The van der Waals surface area contributed by atoms with E-state index in [4.69, 9.17) is 0 Å². The average Bonchev–Trinajstić information content (AvgIpc) is 3.18. The van der Waals surface area contributed by atoms with Crippen LogP contribution in [0.3, 0.4) is 0 Å². The Morgan fingerprint density at radius 2 is 2.03 bits per heavy atom. The van der Waals surface area contributed by atoms with Crippen molar-refractivity contribution in [3.05, 3.63) is 35.4 Å². The normalized spacial score (nSPS) is 16.8. The first-order chi connectivity index (χ1) is 14.3. The molecule has 2 rings (SSSR count). The van der Waals surface area contributed by atoms with E-state index in [1.165, 1.54) is 0 Å². The second-order valence-electron chi connectivity index (χ2n) is 8.25. The van der Waals surface area contributed by atoms with Gasteiger partial charge in [0.15, 0.2) is 5.96 Å². The minimum Gasteiger partial charge on any atom is -0.352 e. The standard InChI is InChI=1S/C22H36N6O2/c1-16(2)21(30)28-11-9-19(15-28)26-22(23-3)25-14-17-7-6-8-18(13-17)20(29)24-10-12-27(4)5/h6-8,13,16,19H,9-12,14-15H2,1-5H3,(H,24,29)(H2,23,25,26). The van der Waals surface area contributed by atoms with E-state index in [2.05, 4.69) is 20.9 Å². The summed E-state index contributed by atoms with van der Waals surface area (Å²) in [6.45, 7) is 7.30. The second kappa shape index (κ2) is 11.5. The first-order valence-electron chi connectivity index (χ1n) is 10.6.